The van der Waals surface area contributed by atoms with Crippen molar-refractivity contribution in [2.24, 2.45) is 5.41 Å². The van der Waals surface area contributed by atoms with Crippen molar-refractivity contribution < 1.29 is 9.53 Å². The van der Waals surface area contributed by atoms with Crippen LogP contribution in [0.15, 0.2) is 55.0 Å². The zero-order valence-electron chi connectivity index (χ0n) is 17.8. The third kappa shape index (κ3) is 3.95. The van der Waals surface area contributed by atoms with E-state index in [0.29, 0.717) is 12.4 Å². The predicted molar refractivity (Wildman–Crippen MR) is 117 cm³/mol. The van der Waals surface area contributed by atoms with Gasteiger partial charge in [0.15, 0.2) is 11.9 Å². The first-order chi connectivity index (χ1) is 15.0. The molecule has 0 saturated carbocycles. The molecule has 6 nitrogen and oxygen atoms in total. The number of hydrogen-bond acceptors (Lipinski definition) is 5. The molecular formula is C25H26N4O2. The number of rotatable bonds is 3. The number of ether oxygens (including phenoxy) is 1. The number of pyridine rings is 1. The Morgan fingerprint density at radius 3 is 2.77 bits per heavy atom. The van der Waals surface area contributed by atoms with Gasteiger partial charge in [-0.2, -0.15) is 0 Å². The molecule has 1 aliphatic heterocycles. The summed E-state index contributed by atoms with van der Waals surface area (Å²) in [5.41, 5.74) is 5.09. The van der Waals surface area contributed by atoms with Gasteiger partial charge in [-0.1, -0.05) is 38.1 Å². The molecule has 0 fully saturated rings. The highest BCUT2D eigenvalue weighted by atomic mass is 16.5. The van der Waals surface area contributed by atoms with Gasteiger partial charge in [-0.15, -0.1) is 0 Å². The maximum atomic E-state index is 13.3. The molecule has 31 heavy (non-hydrogen) atoms. The molecule has 3 aromatic rings. The van der Waals surface area contributed by atoms with Crippen LogP contribution < -0.4 is 5.32 Å². The van der Waals surface area contributed by atoms with Gasteiger partial charge in [-0.05, 0) is 47.9 Å². The summed E-state index contributed by atoms with van der Waals surface area (Å²) in [5, 5.41) is 3.25. The molecule has 2 atom stereocenters. The topological polar surface area (TPSA) is 77.0 Å². The second kappa shape index (κ2) is 7.85. The van der Waals surface area contributed by atoms with Crippen molar-refractivity contribution in [3.8, 4) is 11.4 Å². The van der Waals surface area contributed by atoms with Gasteiger partial charge in [0.1, 0.15) is 0 Å². The van der Waals surface area contributed by atoms with Gasteiger partial charge in [-0.3, -0.25) is 9.78 Å². The Bertz CT molecular complexity index is 1110. The molecule has 0 bridgehead atoms. The van der Waals surface area contributed by atoms with E-state index in [4.69, 9.17) is 9.72 Å². The Morgan fingerprint density at radius 2 is 1.94 bits per heavy atom. The van der Waals surface area contributed by atoms with Crippen LogP contribution in [0.1, 0.15) is 54.8 Å². The number of nitrogens with zero attached hydrogens (tertiary/aromatic N) is 3. The summed E-state index contributed by atoms with van der Waals surface area (Å²) >= 11 is 0. The fourth-order valence-corrected chi connectivity index (χ4v) is 4.67. The molecule has 5 rings (SSSR count). The Hall–Kier alpha value is -3.12. The van der Waals surface area contributed by atoms with Gasteiger partial charge in [-0.25, -0.2) is 9.97 Å². The minimum atomic E-state index is -0.574. The number of benzene rings is 1. The highest BCUT2D eigenvalue weighted by Crippen LogP contribution is 2.41. The number of amides is 1. The SMILES string of the molecule is CC1(C)Cc2nc(-c3ccncc3)ncc2[C@@H](NC(=O)[C@@H]2OCCc3ccccc32)C1. The van der Waals surface area contributed by atoms with E-state index in [-0.39, 0.29) is 17.4 Å². The first kappa shape index (κ1) is 19.8. The molecule has 2 aromatic heterocycles. The van der Waals surface area contributed by atoms with Crippen molar-refractivity contribution in [2.75, 3.05) is 6.61 Å². The lowest BCUT2D eigenvalue weighted by molar-refractivity contribution is -0.135. The summed E-state index contributed by atoms with van der Waals surface area (Å²) < 4.78 is 5.88. The quantitative estimate of drug-likeness (QED) is 0.701. The Kier molecular flexibility index (Phi) is 5.02. The molecule has 2 aliphatic rings. The van der Waals surface area contributed by atoms with Crippen LogP contribution in [-0.4, -0.2) is 27.5 Å². The summed E-state index contributed by atoms with van der Waals surface area (Å²) in [5.74, 6) is 0.590. The van der Waals surface area contributed by atoms with E-state index in [0.717, 1.165) is 41.6 Å². The third-order valence-electron chi connectivity index (χ3n) is 6.16. The smallest absolute Gasteiger partial charge is 0.254 e. The Balaban J connectivity index is 1.44. The van der Waals surface area contributed by atoms with Crippen LogP contribution in [0.5, 0.6) is 0 Å². The molecule has 3 heterocycles. The average molecular weight is 415 g/mol. The fourth-order valence-electron chi connectivity index (χ4n) is 4.67. The molecule has 6 heteroatoms. The number of fused-ring (bicyclic) bond motifs is 2. The van der Waals surface area contributed by atoms with Crippen LogP contribution >= 0.6 is 0 Å². The summed E-state index contributed by atoms with van der Waals surface area (Å²) in [6.07, 6.45) is 7.30. The van der Waals surface area contributed by atoms with Crippen LogP contribution in [0.3, 0.4) is 0 Å². The molecule has 0 unspecified atom stereocenters. The van der Waals surface area contributed by atoms with Gasteiger partial charge in [0.25, 0.3) is 5.91 Å². The Morgan fingerprint density at radius 1 is 1.13 bits per heavy atom. The normalized spacial score (nSPS) is 21.6. The summed E-state index contributed by atoms with van der Waals surface area (Å²) in [7, 11) is 0. The molecule has 1 N–H and O–H groups in total. The highest BCUT2D eigenvalue weighted by Gasteiger charge is 2.36. The summed E-state index contributed by atoms with van der Waals surface area (Å²) in [4.78, 5) is 26.8. The third-order valence-corrected chi connectivity index (χ3v) is 6.16. The molecule has 0 radical (unpaired) electrons. The van der Waals surface area contributed by atoms with Crippen LogP contribution in [0.2, 0.25) is 0 Å². The summed E-state index contributed by atoms with van der Waals surface area (Å²) in [6.45, 7) is 4.99. The van der Waals surface area contributed by atoms with Crippen LogP contribution in [-0.2, 0) is 22.4 Å². The zero-order chi connectivity index (χ0) is 21.4. The zero-order valence-corrected chi connectivity index (χ0v) is 17.8. The minimum absolute atomic E-state index is 0.0140. The van der Waals surface area contributed by atoms with E-state index < -0.39 is 6.10 Å². The van der Waals surface area contributed by atoms with Gasteiger partial charge in [0.2, 0.25) is 0 Å². The van der Waals surface area contributed by atoms with Gasteiger partial charge < -0.3 is 10.1 Å². The van der Waals surface area contributed by atoms with E-state index in [1.165, 1.54) is 5.56 Å². The lowest BCUT2D eigenvalue weighted by atomic mass is 9.74. The molecule has 1 aromatic carbocycles. The van der Waals surface area contributed by atoms with E-state index in [9.17, 15) is 4.79 Å². The lowest BCUT2D eigenvalue weighted by Gasteiger charge is -2.37. The largest absolute Gasteiger partial charge is 0.363 e. The fraction of sp³-hybridized carbons (Fsp3) is 0.360. The molecule has 158 valence electrons. The first-order valence-electron chi connectivity index (χ1n) is 10.8. The number of hydrogen-bond donors (Lipinski definition) is 1. The Labute approximate surface area is 182 Å². The molecular weight excluding hydrogens is 388 g/mol. The number of carbonyl (C=O) groups excluding carboxylic acids is 1. The summed E-state index contributed by atoms with van der Waals surface area (Å²) in [6, 6.07) is 11.7. The molecule has 0 saturated heterocycles. The van der Waals surface area contributed by atoms with Crippen molar-refractivity contribution >= 4 is 5.91 Å². The number of aromatic nitrogens is 3. The minimum Gasteiger partial charge on any atom is -0.363 e. The van der Waals surface area contributed by atoms with Crippen molar-refractivity contribution in [1.82, 2.24) is 20.3 Å². The van der Waals surface area contributed by atoms with E-state index in [2.05, 4.69) is 35.2 Å². The predicted octanol–water partition coefficient (Wildman–Crippen LogP) is 3.98. The second-order valence-corrected chi connectivity index (χ2v) is 9.14. The molecule has 1 amide bonds. The van der Waals surface area contributed by atoms with Gasteiger partial charge >= 0.3 is 0 Å². The van der Waals surface area contributed by atoms with Crippen LogP contribution in [0.4, 0.5) is 0 Å². The highest BCUT2D eigenvalue weighted by molar-refractivity contribution is 5.83. The second-order valence-electron chi connectivity index (χ2n) is 9.14. The maximum Gasteiger partial charge on any atom is 0.254 e. The number of carbonyl (C=O) groups is 1. The molecule has 0 spiro atoms. The van der Waals surface area contributed by atoms with Crippen LogP contribution in [0.25, 0.3) is 11.4 Å². The van der Waals surface area contributed by atoms with E-state index in [1.807, 2.05) is 36.5 Å². The van der Waals surface area contributed by atoms with Gasteiger partial charge in [0, 0.05) is 29.7 Å². The van der Waals surface area contributed by atoms with Crippen molar-refractivity contribution in [3.63, 3.8) is 0 Å². The van der Waals surface area contributed by atoms with Crippen molar-refractivity contribution in [2.45, 2.75) is 45.3 Å². The van der Waals surface area contributed by atoms with Gasteiger partial charge in [0.05, 0.1) is 18.3 Å². The average Bonchev–Trinajstić information content (AvgIpc) is 2.78. The molecule has 1 aliphatic carbocycles. The lowest BCUT2D eigenvalue weighted by Crippen LogP contribution is -2.40. The number of nitrogens with one attached hydrogen (secondary N) is 1. The first-order valence-corrected chi connectivity index (χ1v) is 10.8. The van der Waals surface area contributed by atoms with Crippen LogP contribution in [0, 0.1) is 5.41 Å². The van der Waals surface area contributed by atoms with E-state index in [1.54, 1.807) is 12.4 Å². The van der Waals surface area contributed by atoms with Crippen molar-refractivity contribution in [3.05, 3.63) is 77.4 Å². The standard InChI is InChI=1S/C25H26N4O2/c1-25(2)13-20-19(15-27-23(28-20)17-7-10-26-11-8-17)21(14-25)29-24(30)22-18-6-4-3-5-16(18)9-12-31-22/h3-8,10-11,15,21-22H,9,12-14H2,1-2H3,(H,29,30)/t21-,22+/m0/s1. The monoisotopic (exact) mass is 414 g/mol. The van der Waals surface area contributed by atoms with Crippen molar-refractivity contribution in [1.29, 1.82) is 0 Å². The van der Waals surface area contributed by atoms with E-state index >= 15 is 0 Å². The maximum absolute atomic E-state index is 13.3.